The molecule has 4 N–H and O–H groups in total. The van der Waals surface area contributed by atoms with Gasteiger partial charge in [0.05, 0.1) is 19.9 Å². The topological polar surface area (TPSA) is 121 Å². The van der Waals surface area contributed by atoms with E-state index in [-0.39, 0.29) is 5.95 Å². The van der Waals surface area contributed by atoms with Gasteiger partial charge in [0.25, 0.3) is 0 Å². The van der Waals surface area contributed by atoms with Gasteiger partial charge in [0.2, 0.25) is 5.95 Å². The van der Waals surface area contributed by atoms with Crippen molar-refractivity contribution in [3.8, 4) is 5.75 Å². The first-order chi connectivity index (χ1) is 13.0. The number of piperidine rings is 1. The fourth-order valence-electron chi connectivity index (χ4n) is 3.64. The van der Waals surface area contributed by atoms with Crippen molar-refractivity contribution >= 4 is 22.8 Å². The van der Waals surface area contributed by atoms with E-state index in [9.17, 15) is 0 Å². The molecule has 0 aliphatic carbocycles. The predicted octanol–water partition coefficient (Wildman–Crippen LogP) is 1.25. The summed E-state index contributed by atoms with van der Waals surface area (Å²) in [6.07, 6.45) is 3.86. The fourth-order valence-corrected chi connectivity index (χ4v) is 3.64. The van der Waals surface area contributed by atoms with Crippen molar-refractivity contribution in [2.75, 3.05) is 38.7 Å². The largest absolute Gasteiger partial charge is 0.495 e. The zero-order valence-electron chi connectivity index (χ0n) is 15.6. The number of fused-ring (bicyclic) bond motifs is 1. The van der Waals surface area contributed by atoms with Gasteiger partial charge in [-0.05, 0) is 45.1 Å². The Kier molecular flexibility index (Phi) is 4.53. The van der Waals surface area contributed by atoms with Gasteiger partial charge in [0.1, 0.15) is 22.5 Å². The summed E-state index contributed by atoms with van der Waals surface area (Å²) in [4.78, 5) is 15.5. The Labute approximate surface area is 157 Å². The van der Waals surface area contributed by atoms with Gasteiger partial charge in [-0.25, -0.2) is 4.98 Å². The average Bonchev–Trinajstić information content (AvgIpc) is 3.05. The summed E-state index contributed by atoms with van der Waals surface area (Å²) in [5, 5.41) is 4.40. The first-order valence-electron chi connectivity index (χ1n) is 9.02. The first-order valence-corrected chi connectivity index (χ1v) is 9.02. The monoisotopic (exact) mass is 368 g/mol. The molecular formula is C18H24N8O. The molecule has 0 amide bonds. The van der Waals surface area contributed by atoms with Gasteiger partial charge in [-0.15, -0.1) is 0 Å². The molecule has 9 heteroatoms. The van der Waals surface area contributed by atoms with Crippen LogP contribution in [0, 0.1) is 0 Å². The van der Waals surface area contributed by atoms with E-state index in [0.29, 0.717) is 29.3 Å². The SMILES string of the molecule is COc1ccc(C2CCN(C)CC2)nc1Cn1ncc2nc(N)nc(N)c21. The summed E-state index contributed by atoms with van der Waals surface area (Å²) in [7, 11) is 3.81. The van der Waals surface area contributed by atoms with Crippen molar-refractivity contribution in [3.63, 3.8) is 0 Å². The Morgan fingerprint density at radius 3 is 2.67 bits per heavy atom. The molecule has 0 spiro atoms. The van der Waals surface area contributed by atoms with E-state index in [1.807, 2.05) is 6.07 Å². The maximum absolute atomic E-state index is 6.04. The lowest BCUT2D eigenvalue weighted by Crippen LogP contribution is -2.29. The molecule has 3 aromatic heterocycles. The lowest BCUT2D eigenvalue weighted by molar-refractivity contribution is 0.253. The van der Waals surface area contributed by atoms with Crippen LogP contribution >= 0.6 is 0 Å². The summed E-state index contributed by atoms with van der Waals surface area (Å²) in [6, 6.07) is 4.05. The van der Waals surface area contributed by atoms with Gasteiger partial charge in [0.15, 0.2) is 5.82 Å². The molecule has 0 atom stereocenters. The number of nitrogens with zero attached hydrogens (tertiary/aromatic N) is 6. The lowest BCUT2D eigenvalue weighted by atomic mass is 9.93. The summed E-state index contributed by atoms with van der Waals surface area (Å²) in [5.41, 5.74) is 14.9. The zero-order valence-corrected chi connectivity index (χ0v) is 15.6. The summed E-state index contributed by atoms with van der Waals surface area (Å²) < 4.78 is 7.26. The molecule has 1 aliphatic rings. The van der Waals surface area contributed by atoms with Gasteiger partial charge in [-0.2, -0.15) is 10.1 Å². The number of nitrogen functional groups attached to an aromatic ring is 2. The normalized spacial score (nSPS) is 16.1. The van der Waals surface area contributed by atoms with Crippen molar-refractivity contribution in [3.05, 3.63) is 29.7 Å². The van der Waals surface area contributed by atoms with Gasteiger partial charge in [-0.3, -0.25) is 9.67 Å². The van der Waals surface area contributed by atoms with Gasteiger partial charge in [0, 0.05) is 11.6 Å². The van der Waals surface area contributed by atoms with E-state index in [4.69, 9.17) is 21.2 Å². The lowest BCUT2D eigenvalue weighted by Gasteiger charge is -2.28. The minimum atomic E-state index is 0.138. The number of methoxy groups -OCH3 is 1. The Hall–Kier alpha value is -2.94. The summed E-state index contributed by atoms with van der Waals surface area (Å²) in [6.45, 7) is 2.60. The number of rotatable bonds is 4. The zero-order chi connectivity index (χ0) is 19.0. The Morgan fingerprint density at radius 1 is 1.15 bits per heavy atom. The van der Waals surface area contributed by atoms with Gasteiger partial charge >= 0.3 is 0 Å². The van der Waals surface area contributed by atoms with E-state index in [0.717, 1.165) is 43.1 Å². The third-order valence-electron chi connectivity index (χ3n) is 5.14. The van der Waals surface area contributed by atoms with Crippen molar-refractivity contribution in [1.82, 2.24) is 29.6 Å². The van der Waals surface area contributed by atoms with Crippen LogP contribution in [0.1, 0.15) is 30.1 Å². The van der Waals surface area contributed by atoms with E-state index >= 15 is 0 Å². The van der Waals surface area contributed by atoms with Crippen molar-refractivity contribution in [1.29, 1.82) is 0 Å². The van der Waals surface area contributed by atoms with Crippen LogP contribution in [0.4, 0.5) is 11.8 Å². The molecule has 0 aromatic carbocycles. The number of nitrogens with two attached hydrogens (primary N) is 2. The van der Waals surface area contributed by atoms with E-state index < -0.39 is 0 Å². The first kappa shape index (κ1) is 17.5. The van der Waals surface area contributed by atoms with Crippen molar-refractivity contribution in [2.45, 2.75) is 25.3 Å². The van der Waals surface area contributed by atoms with Crippen LogP contribution in [0.15, 0.2) is 18.3 Å². The minimum Gasteiger partial charge on any atom is -0.495 e. The van der Waals surface area contributed by atoms with E-state index in [1.54, 1.807) is 18.0 Å². The van der Waals surface area contributed by atoms with Crippen LogP contribution in [0.2, 0.25) is 0 Å². The second-order valence-electron chi connectivity index (χ2n) is 6.97. The Bertz CT molecular complexity index is 961. The van der Waals surface area contributed by atoms with Crippen LogP contribution in [0.25, 0.3) is 11.0 Å². The number of pyridine rings is 1. The molecule has 0 unspecified atom stereocenters. The highest BCUT2D eigenvalue weighted by Crippen LogP contribution is 2.29. The second-order valence-corrected chi connectivity index (χ2v) is 6.97. The van der Waals surface area contributed by atoms with Gasteiger partial charge < -0.3 is 21.1 Å². The second kappa shape index (κ2) is 6.99. The van der Waals surface area contributed by atoms with Crippen LogP contribution in [0.3, 0.4) is 0 Å². The molecular weight excluding hydrogens is 344 g/mol. The molecule has 0 bridgehead atoms. The molecule has 9 nitrogen and oxygen atoms in total. The highest BCUT2D eigenvalue weighted by atomic mass is 16.5. The molecule has 0 radical (unpaired) electrons. The maximum atomic E-state index is 6.04. The standard InChI is InChI=1S/C18H24N8O/c1-25-7-5-11(6-8-25)12-3-4-15(27-2)14(22-12)10-26-16-13(9-21-26)23-18(20)24-17(16)19/h3-4,9,11H,5-8,10H2,1-2H3,(H4,19,20,23,24). The number of ether oxygens (including phenoxy) is 1. The van der Waals surface area contributed by atoms with Gasteiger partial charge in [-0.1, -0.05) is 0 Å². The smallest absolute Gasteiger partial charge is 0.222 e. The average molecular weight is 368 g/mol. The molecule has 3 aromatic rings. The van der Waals surface area contributed by atoms with Crippen LogP contribution in [0.5, 0.6) is 5.75 Å². The molecule has 1 aliphatic heterocycles. The molecule has 1 fully saturated rings. The molecule has 142 valence electrons. The van der Waals surface area contributed by atoms with Crippen LogP contribution < -0.4 is 16.2 Å². The van der Waals surface area contributed by atoms with Crippen LogP contribution in [-0.4, -0.2) is 56.9 Å². The quantitative estimate of drug-likeness (QED) is 0.706. The number of likely N-dealkylation sites (tertiary alicyclic amines) is 1. The number of aromatic nitrogens is 5. The Balaban J connectivity index is 1.68. The van der Waals surface area contributed by atoms with Crippen molar-refractivity contribution < 1.29 is 4.74 Å². The Morgan fingerprint density at radius 2 is 1.93 bits per heavy atom. The highest BCUT2D eigenvalue weighted by molar-refractivity contribution is 5.85. The number of hydrogen-bond acceptors (Lipinski definition) is 8. The molecule has 0 saturated carbocycles. The number of anilines is 2. The molecule has 4 heterocycles. The molecule has 27 heavy (non-hydrogen) atoms. The predicted molar refractivity (Wildman–Crippen MR) is 104 cm³/mol. The summed E-state index contributed by atoms with van der Waals surface area (Å²) >= 11 is 0. The van der Waals surface area contributed by atoms with Crippen molar-refractivity contribution in [2.24, 2.45) is 0 Å². The maximum Gasteiger partial charge on any atom is 0.222 e. The fraction of sp³-hybridized carbons (Fsp3) is 0.444. The van der Waals surface area contributed by atoms with E-state index in [1.165, 1.54) is 0 Å². The third kappa shape index (κ3) is 3.37. The summed E-state index contributed by atoms with van der Waals surface area (Å²) in [5.74, 6) is 1.64. The number of hydrogen-bond donors (Lipinski definition) is 2. The molecule has 4 rings (SSSR count). The van der Waals surface area contributed by atoms with E-state index in [2.05, 4.69) is 33.1 Å². The third-order valence-corrected chi connectivity index (χ3v) is 5.14. The minimum absolute atomic E-state index is 0.138. The highest BCUT2D eigenvalue weighted by Gasteiger charge is 2.21. The van der Waals surface area contributed by atoms with Crippen LogP contribution in [-0.2, 0) is 6.54 Å². The molecule has 1 saturated heterocycles.